The lowest BCUT2D eigenvalue weighted by Gasteiger charge is -2.34. The lowest BCUT2D eigenvalue weighted by atomic mass is 10.3. The zero-order valence-electron chi connectivity index (χ0n) is 20.2. The molecule has 1 saturated heterocycles. The Kier molecular flexibility index (Phi) is 8.55. The van der Waals surface area contributed by atoms with Crippen LogP contribution < -0.4 is 19.7 Å². The molecule has 1 aromatic heterocycles. The fourth-order valence-electron chi connectivity index (χ4n) is 4.02. The van der Waals surface area contributed by atoms with Gasteiger partial charge in [-0.2, -0.15) is 0 Å². The molecule has 1 aliphatic rings. The second kappa shape index (κ2) is 11.6. The Bertz CT molecular complexity index is 1310. The summed E-state index contributed by atoms with van der Waals surface area (Å²) in [6.07, 6.45) is -0.0788. The molecule has 36 heavy (non-hydrogen) atoms. The molecule has 194 valence electrons. The van der Waals surface area contributed by atoms with E-state index in [0.717, 1.165) is 41.5 Å². The van der Waals surface area contributed by atoms with E-state index in [1.54, 1.807) is 25.6 Å². The number of fused-ring (bicyclic) bond motifs is 1. The maximum atomic E-state index is 12.4. The van der Waals surface area contributed by atoms with Crippen LogP contribution >= 0.6 is 22.9 Å². The fraction of sp³-hybridized carbons (Fsp3) is 0.417. The van der Waals surface area contributed by atoms with Gasteiger partial charge in [0, 0.05) is 50.7 Å². The summed E-state index contributed by atoms with van der Waals surface area (Å²) < 4.78 is 36.7. The van der Waals surface area contributed by atoms with Crippen molar-refractivity contribution in [2.24, 2.45) is 0 Å². The molecule has 12 heteroatoms. The maximum Gasteiger partial charge on any atom is 0.221 e. The number of nitrogens with zero attached hydrogens (tertiary/aromatic N) is 3. The molecule has 3 aromatic rings. The summed E-state index contributed by atoms with van der Waals surface area (Å²) in [6, 6.07) is 9.85. The highest BCUT2D eigenvalue weighted by molar-refractivity contribution is 7.91. The second-order valence-electron chi connectivity index (χ2n) is 8.35. The van der Waals surface area contributed by atoms with Gasteiger partial charge in [0.25, 0.3) is 0 Å². The van der Waals surface area contributed by atoms with Crippen LogP contribution in [0.4, 0.5) is 5.13 Å². The first-order chi connectivity index (χ1) is 17.3. The largest absolute Gasteiger partial charge is 0.493 e. The van der Waals surface area contributed by atoms with E-state index >= 15 is 0 Å². The summed E-state index contributed by atoms with van der Waals surface area (Å²) in [7, 11) is -0.293. The molecule has 0 saturated carbocycles. The average molecular weight is 553 g/mol. The van der Waals surface area contributed by atoms with E-state index in [1.165, 1.54) is 24.3 Å². The molecule has 9 nitrogen and oxygen atoms in total. The summed E-state index contributed by atoms with van der Waals surface area (Å²) in [5.74, 6) is 0.798. The van der Waals surface area contributed by atoms with E-state index in [0.29, 0.717) is 29.6 Å². The molecular weight excluding hydrogens is 524 g/mol. The molecule has 0 unspecified atom stereocenters. The molecule has 4 rings (SSSR count). The second-order valence-corrected chi connectivity index (χ2v) is 11.9. The maximum absolute atomic E-state index is 12.4. The molecule has 0 radical (unpaired) electrons. The highest BCUT2D eigenvalue weighted by atomic mass is 35.5. The van der Waals surface area contributed by atoms with E-state index in [9.17, 15) is 13.2 Å². The molecule has 0 bridgehead atoms. The van der Waals surface area contributed by atoms with Crippen LogP contribution in [0.25, 0.3) is 10.2 Å². The predicted octanol–water partition coefficient (Wildman–Crippen LogP) is 3.07. The van der Waals surface area contributed by atoms with Crippen molar-refractivity contribution in [2.75, 3.05) is 64.1 Å². The number of carbonyl (C=O) groups is 1. The average Bonchev–Trinajstić information content (AvgIpc) is 3.32. The normalized spacial score (nSPS) is 14.7. The molecule has 2 aromatic carbocycles. The lowest BCUT2D eigenvalue weighted by Crippen LogP contribution is -2.48. The Morgan fingerprint density at radius 3 is 2.47 bits per heavy atom. The molecule has 0 spiro atoms. The molecule has 1 fully saturated rings. The van der Waals surface area contributed by atoms with E-state index in [2.05, 4.69) is 15.1 Å². The third-order valence-electron chi connectivity index (χ3n) is 6.05. The Morgan fingerprint density at radius 2 is 1.81 bits per heavy atom. The molecule has 1 N–H and O–H groups in total. The first kappa shape index (κ1) is 26.5. The van der Waals surface area contributed by atoms with Crippen LogP contribution in [0, 0.1) is 0 Å². The Hall–Kier alpha value is -2.60. The minimum absolute atomic E-state index is 0.0788. The van der Waals surface area contributed by atoms with Crippen molar-refractivity contribution in [2.45, 2.75) is 11.3 Å². The van der Waals surface area contributed by atoms with Crippen LogP contribution in [-0.2, 0) is 14.6 Å². The van der Waals surface area contributed by atoms with Gasteiger partial charge in [-0.25, -0.2) is 13.4 Å². The standard InChI is InChI=1S/C24H29ClN4O5S2/c1-33-19-7-8-20-22(23(19)34-2)27-24(35-20)29-14-12-28(13-15-29)11-10-26-21(30)9-16-36(31,32)18-5-3-17(25)4-6-18/h3-8H,9-16H2,1-2H3,(H,26,30). The highest BCUT2D eigenvalue weighted by Crippen LogP contribution is 2.40. The predicted molar refractivity (Wildman–Crippen MR) is 143 cm³/mol. The number of hydrogen-bond acceptors (Lipinski definition) is 9. The number of aromatic nitrogens is 1. The van der Waals surface area contributed by atoms with Gasteiger partial charge in [0.05, 0.1) is 29.6 Å². The summed E-state index contributed by atoms with van der Waals surface area (Å²) in [5.41, 5.74) is 0.806. The van der Waals surface area contributed by atoms with Crippen molar-refractivity contribution < 1.29 is 22.7 Å². The Balaban J connectivity index is 1.21. The number of methoxy groups -OCH3 is 2. The number of piperazine rings is 1. The van der Waals surface area contributed by atoms with Gasteiger partial charge in [-0.1, -0.05) is 22.9 Å². The summed E-state index contributed by atoms with van der Waals surface area (Å²) in [6.45, 7) is 4.51. The zero-order chi connectivity index (χ0) is 25.7. The SMILES string of the molecule is COc1ccc2sc(N3CCN(CCNC(=O)CCS(=O)(=O)c4ccc(Cl)cc4)CC3)nc2c1OC. The molecule has 1 amide bonds. The number of nitrogens with one attached hydrogen (secondary N) is 1. The molecule has 0 atom stereocenters. The van der Waals surface area contributed by atoms with Gasteiger partial charge in [0.1, 0.15) is 5.52 Å². The van der Waals surface area contributed by atoms with Crippen molar-refractivity contribution >= 4 is 54.0 Å². The van der Waals surface area contributed by atoms with Gasteiger partial charge in [-0.05, 0) is 36.4 Å². The summed E-state index contributed by atoms with van der Waals surface area (Å²) in [5, 5.41) is 4.25. The number of sulfone groups is 1. The van der Waals surface area contributed by atoms with Crippen LogP contribution in [-0.4, -0.2) is 83.4 Å². The third-order valence-corrected chi connectivity index (χ3v) is 9.12. The molecular formula is C24H29ClN4O5S2. The number of thiazole rings is 1. The van der Waals surface area contributed by atoms with Gasteiger partial charge in [0.2, 0.25) is 5.91 Å². The van der Waals surface area contributed by atoms with E-state index in [4.69, 9.17) is 26.1 Å². The summed E-state index contributed by atoms with van der Waals surface area (Å²) >= 11 is 7.44. The third kappa shape index (κ3) is 6.20. The minimum atomic E-state index is -3.52. The van der Waals surface area contributed by atoms with Gasteiger partial charge in [-0.15, -0.1) is 0 Å². The Morgan fingerprint density at radius 1 is 1.08 bits per heavy atom. The van der Waals surface area contributed by atoms with Crippen LogP contribution in [0.2, 0.25) is 5.02 Å². The van der Waals surface area contributed by atoms with Gasteiger partial charge < -0.3 is 19.7 Å². The monoisotopic (exact) mass is 552 g/mol. The Labute approximate surface area is 219 Å². The number of ether oxygens (including phenoxy) is 2. The van der Waals surface area contributed by atoms with Crippen LogP contribution in [0.3, 0.4) is 0 Å². The first-order valence-electron chi connectivity index (χ1n) is 11.5. The number of hydrogen-bond donors (Lipinski definition) is 1. The number of amides is 1. The summed E-state index contributed by atoms with van der Waals surface area (Å²) in [4.78, 5) is 21.7. The number of carbonyl (C=O) groups excluding carboxylic acids is 1. The van der Waals surface area contributed by atoms with Crippen LogP contribution in [0.5, 0.6) is 11.5 Å². The quantitative estimate of drug-likeness (QED) is 0.409. The molecule has 0 aliphatic carbocycles. The zero-order valence-corrected chi connectivity index (χ0v) is 22.6. The number of rotatable bonds is 10. The van der Waals surface area contributed by atoms with Crippen LogP contribution in [0.1, 0.15) is 6.42 Å². The fourth-order valence-corrected chi connectivity index (χ4v) is 6.41. The van der Waals surface area contributed by atoms with Crippen molar-refractivity contribution in [1.29, 1.82) is 0 Å². The van der Waals surface area contributed by atoms with Gasteiger partial charge in [-0.3, -0.25) is 9.69 Å². The first-order valence-corrected chi connectivity index (χ1v) is 14.4. The number of anilines is 1. The molecule has 1 aliphatic heterocycles. The van der Waals surface area contributed by atoms with Gasteiger partial charge in [0.15, 0.2) is 26.5 Å². The topological polar surface area (TPSA) is 101 Å². The van der Waals surface area contributed by atoms with Gasteiger partial charge >= 0.3 is 0 Å². The van der Waals surface area contributed by atoms with E-state index in [1.807, 2.05) is 12.1 Å². The van der Waals surface area contributed by atoms with Crippen LogP contribution in [0.15, 0.2) is 41.3 Å². The minimum Gasteiger partial charge on any atom is -0.493 e. The van der Waals surface area contributed by atoms with Crippen molar-refractivity contribution in [3.63, 3.8) is 0 Å². The lowest BCUT2D eigenvalue weighted by molar-refractivity contribution is -0.120. The van der Waals surface area contributed by atoms with Crippen molar-refractivity contribution in [3.8, 4) is 11.5 Å². The van der Waals surface area contributed by atoms with Crippen molar-refractivity contribution in [3.05, 3.63) is 41.4 Å². The smallest absolute Gasteiger partial charge is 0.221 e. The number of halogens is 1. The number of benzene rings is 2. The molecule has 2 heterocycles. The van der Waals surface area contributed by atoms with Crippen molar-refractivity contribution in [1.82, 2.24) is 15.2 Å². The highest BCUT2D eigenvalue weighted by Gasteiger charge is 2.22. The van der Waals surface area contributed by atoms with E-state index in [-0.39, 0.29) is 23.0 Å². The van der Waals surface area contributed by atoms with E-state index < -0.39 is 9.84 Å².